The highest BCUT2D eigenvalue weighted by molar-refractivity contribution is 6.07. The Kier molecular flexibility index (Phi) is 6.72. The second-order valence-corrected chi connectivity index (χ2v) is 9.85. The van der Waals surface area contributed by atoms with Crippen molar-refractivity contribution in [2.75, 3.05) is 18.9 Å². The number of anilines is 1. The lowest BCUT2D eigenvalue weighted by Gasteiger charge is -2.13. The molecule has 4 heterocycles. The minimum Gasteiger partial charge on any atom is -0.372 e. The number of aromatic nitrogens is 4. The molecule has 1 fully saturated rings. The Balaban J connectivity index is 1.14. The number of rotatable bonds is 8. The first kappa shape index (κ1) is 25.0. The maximum absolute atomic E-state index is 14.7. The van der Waals surface area contributed by atoms with E-state index >= 15 is 0 Å². The maximum Gasteiger partial charge on any atom is 0.237 e. The van der Waals surface area contributed by atoms with Gasteiger partial charge in [0.25, 0.3) is 0 Å². The van der Waals surface area contributed by atoms with Crippen LogP contribution in [0.4, 0.5) is 10.2 Å². The number of H-pyrrole nitrogens is 1. The summed E-state index contributed by atoms with van der Waals surface area (Å²) in [5.74, 6) is 0.143. The van der Waals surface area contributed by atoms with E-state index in [0.29, 0.717) is 36.6 Å². The number of halogens is 1. The number of ether oxygens (including phenoxy) is 1. The van der Waals surface area contributed by atoms with Crippen molar-refractivity contribution in [1.82, 2.24) is 30.2 Å². The number of carbonyl (C=O) groups is 1. The van der Waals surface area contributed by atoms with Gasteiger partial charge in [-0.15, -0.1) is 0 Å². The number of fused-ring (bicyclic) bond motifs is 3. The Labute approximate surface area is 224 Å². The third-order valence-corrected chi connectivity index (χ3v) is 7.22. The van der Waals surface area contributed by atoms with E-state index in [0.717, 1.165) is 33.2 Å². The van der Waals surface area contributed by atoms with Crippen molar-refractivity contribution in [3.8, 4) is 11.3 Å². The Morgan fingerprint density at radius 3 is 2.87 bits per heavy atom. The van der Waals surface area contributed by atoms with Crippen LogP contribution in [-0.2, 0) is 29.7 Å². The SMILES string of the molecule is CNc1nc2[nH]c(-c3ccc(F)c(CNC(=O)[C@@H]4C[C@@H](OCc5ccccc5)CN4)c3)cc2c2c1ncn2C. The van der Waals surface area contributed by atoms with Gasteiger partial charge in [0.15, 0.2) is 5.82 Å². The van der Waals surface area contributed by atoms with Crippen LogP contribution in [0.15, 0.2) is 60.9 Å². The highest BCUT2D eigenvalue weighted by Crippen LogP contribution is 2.32. The number of nitrogens with one attached hydrogen (secondary N) is 4. The molecule has 0 bridgehead atoms. The fraction of sp³-hybridized carbons (Fsp3) is 0.276. The molecule has 6 rings (SSSR count). The molecule has 200 valence electrons. The number of aryl methyl sites for hydroxylation is 1. The minimum absolute atomic E-state index is 0.0500. The fourth-order valence-corrected chi connectivity index (χ4v) is 5.13. The molecule has 0 radical (unpaired) electrons. The van der Waals surface area contributed by atoms with Gasteiger partial charge in [0, 0.05) is 43.8 Å². The molecule has 0 spiro atoms. The van der Waals surface area contributed by atoms with Crippen molar-refractivity contribution >= 4 is 33.8 Å². The van der Waals surface area contributed by atoms with Crippen LogP contribution in [0.25, 0.3) is 33.3 Å². The molecule has 1 saturated heterocycles. The van der Waals surface area contributed by atoms with Gasteiger partial charge in [-0.05, 0) is 41.8 Å². The summed E-state index contributed by atoms with van der Waals surface area (Å²) in [6.07, 6.45) is 2.28. The van der Waals surface area contributed by atoms with E-state index in [1.165, 1.54) is 6.07 Å². The number of pyridine rings is 1. The van der Waals surface area contributed by atoms with Crippen molar-refractivity contribution in [3.05, 3.63) is 77.9 Å². The molecule has 1 amide bonds. The van der Waals surface area contributed by atoms with Gasteiger partial charge in [-0.25, -0.2) is 14.4 Å². The third-order valence-electron chi connectivity index (χ3n) is 7.22. The van der Waals surface area contributed by atoms with Gasteiger partial charge < -0.3 is 30.2 Å². The number of amides is 1. The average molecular weight is 528 g/mol. The minimum atomic E-state index is -0.375. The first-order valence-electron chi connectivity index (χ1n) is 13.0. The van der Waals surface area contributed by atoms with Crippen LogP contribution in [-0.4, -0.2) is 51.2 Å². The number of nitrogens with zero attached hydrogens (tertiary/aromatic N) is 3. The predicted molar refractivity (Wildman–Crippen MR) is 149 cm³/mol. The molecule has 9 nitrogen and oxygen atoms in total. The van der Waals surface area contributed by atoms with Gasteiger partial charge >= 0.3 is 0 Å². The van der Waals surface area contributed by atoms with Gasteiger partial charge in [0.1, 0.15) is 17.0 Å². The molecule has 4 N–H and O–H groups in total. The quantitative estimate of drug-likeness (QED) is 0.244. The summed E-state index contributed by atoms with van der Waals surface area (Å²) in [5, 5.41) is 10.1. The molecule has 0 saturated carbocycles. The largest absolute Gasteiger partial charge is 0.372 e. The van der Waals surface area contributed by atoms with Gasteiger partial charge in [-0.3, -0.25) is 4.79 Å². The molecule has 5 aromatic rings. The zero-order valence-corrected chi connectivity index (χ0v) is 21.8. The number of hydrogen-bond acceptors (Lipinski definition) is 6. The van der Waals surface area contributed by atoms with E-state index in [9.17, 15) is 9.18 Å². The van der Waals surface area contributed by atoms with E-state index in [2.05, 4.69) is 30.9 Å². The molecule has 2 aromatic carbocycles. The summed E-state index contributed by atoms with van der Waals surface area (Å²) in [5.41, 5.74) is 5.55. The van der Waals surface area contributed by atoms with E-state index in [4.69, 9.17) is 4.74 Å². The lowest BCUT2D eigenvalue weighted by atomic mass is 10.1. The summed E-state index contributed by atoms with van der Waals surface area (Å²) in [6, 6.07) is 16.5. The Hall–Kier alpha value is -4.28. The van der Waals surface area contributed by atoms with Crippen LogP contribution in [0.2, 0.25) is 0 Å². The number of aromatic amines is 1. The van der Waals surface area contributed by atoms with Crippen molar-refractivity contribution in [2.24, 2.45) is 7.05 Å². The molecule has 39 heavy (non-hydrogen) atoms. The van der Waals surface area contributed by atoms with Crippen molar-refractivity contribution in [3.63, 3.8) is 0 Å². The smallest absolute Gasteiger partial charge is 0.237 e. The lowest BCUT2D eigenvalue weighted by molar-refractivity contribution is -0.123. The molecular weight excluding hydrogens is 497 g/mol. The van der Waals surface area contributed by atoms with Crippen molar-refractivity contribution < 1.29 is 13.9 Å². The van der Waals surface area contributed by atoms with Crippen LogP contribution in [0.5, 0.6) is 0 Å². The molecule has 2 atom stereocenters. The summed E-state index contributed by atoms with van der Waals surface area (Å²) in [4.78, 5) is 25.3. The zero-order valence-electron chi connectivity index (χ0n) is 21.8. The predicted octanol–water partition coefficient (Wildman–Crippen LogP) is 3.86. The number of hydrogen-bond donors (Lipinski definition) is 4. The summed E-state index contributed by atoms with van der Waals surface area (Å²) in [7, 11) is 3.75. The van der Waals surface area contributed by atoms with Crippen LogP contribution in [0.3, 0.4) is 0 Å². The Morgan fingerprint density at radius 1 is 1.21 bits per heavy atom. The topological polar surface area (TPSA) is 109 Å². The van der Waals surface area contributed by atoms with Gasteiger partial charge in [-0.2, -0.15) is 0 Å². The van der Waals surface area contributed by atoms with Crippen LogP contribution >= 0.6 is 0 Å². The van der Waals surface area contributed by atoms with Crippen LogP contribution in [0.1, 0.15) is 17.5 Å². The third kappa shape index (κ3) is 4.96. The van der Waals surface area contributed by atoms with Crippen molar-refractivity contribution in [1.29, 1.82) is 0 Å². The maximum atomic E-state index is 14.7. The molecule has 1 aliphatic rings. The van der Waals surface area contributed by atoms with Crippen LogP contribution < -0.4 is 16.0 Å². The van der Waals surface area contributed by atoms with Crippen LogP contribution in [0, 0.1) is 5.82 Å². The van der Waals surface area contributed by atoms with E-state index in [1.807, 2.05) is 55.1 Å². The molecule has 10 heteroatoms. The van der Waals surface area contributed by atoms with Gasteiger partial charge in [-0.1, -0.05) is 30.3 Å². The Morgan fingerprint density at radius 2 is 2.05 bits per heavy atom. The molecule has 0 aliphatic carbocycles. The fourth-order valence-electron chi connectivity index (χ4n) is 5.13. The van der Waals surface area contributed by atoms with Crippen molar-refractivity contribution in [2.45, 2.75) is 31.7 Å². The standard InChI is InChI=1S/C29H30FN7O2/c1-31-28-25-26(37(2)16-34-25)21-12-23(35-27(21)36-28)18-8-9-22(30)19(10-18)13-33-29(38)24-11-20(14-32-24)39-15-17-6-4-3-5-7-17/h3-10,12,16,20,24,32H,11,13-15H2,1-2H3,(H,33,38)(H2,31,35,36)/t20-,24+/m1/s1. The second kappa shape index (κ2) is 10.5. The highest BCUT2D eigenvalue weighted by atomic mass is 19.1. The monoisotopic (exact) mass is 527 g/mol. The Bertz CT molecular complexity index is 1650. The first-order chi connectivity index (χ1) is 19.0. The zero-order chi connectivity index (χ0) is 26.9. The molecule has 3 aromatic heterocycles. The van der Waals surface area contributed by atoms with E-state index in [1.54, 1.807) is 18.5 Å². The molecule has 1 aliphatic heterocycles. The first-order valence-corrected chi connectivity index (χ1v) is 13.0. The lowest BCUT2D eigenvalue weighted by Crippen LogP contribution is -2.40. The number of carbonyl (C=O) groups excluding carboxylic acids is 1. The number of benzene rings is 2. The second-order valence-electron chi connectivity index (χ2n) is 9.85. The van der Waals surface area contributed by atoms with E-state index in [-0.39, 0.29) is 30.4 Å². The highest BCUT2D eigenvalue weighted by Gasteiger charge is 2.30. The van der Waals surface area contributed by atoms with Gasteiger partial charge in [0.2, 0.25) is 5.91 Å². The van der Waals surface area contributed by atoms with E-state index < -0.39 is 0 Å². The summed E-state index contributed by atoms with van der Waals surface area (Å²) >= 11 is 0. The van der Waals surface area contributed by atoms with Gasteiger partial charge in [0.05, 0.1) is 30.6 Å². The molecule has 0 unspecified atom stereocenters. The summed E-state index contributed by atoms with van der Waals surface area (Å²) < 4.78 is 22.7. The normalized spacial score (nSPS) is 17.2. The molecular formula is C29H30FN7O2. The number of imidazole rings is 1. The summed E-state index contributed by atoms with van der Waals surface area (Å²) in [6.45, 7) is 1.19. The average Bonchev–Trinajstić information content (AvgIpc) is 3.70.